The lowest BCUT2D eigenvalue weighted by Gasteiger charge is -2.07. The number of hydrogen-bond acceptors (Lipinski definition) is 5. The van der Waals surface area contributed by atoms with Crippen LogP contribution in [0.1, 0.15) is 43.3 Å². The van der Waals surface area contributed by atoms with Crippen LogP contribution in [0.2, 0.25) is 0 Å². The zero-order valence-electron chi connectivity index (χ0n) is 12.5. The molecule has 0 saturated heterocycles. The summed E-state index contributed by atoms with van der Waals surface area (Å²) >= 11 is 2.39. The quantitative estimate of drug-likeness (QED) is 0.669. The molecule has 0 aliphatic heterocycles. The first-order valence-corrected chi connectivity index (χ1v) is 8.64. The minimum absolute atomic E-state index is 0.195. The number of carboxylic acid groups (broad SMARTS) is 2. The van der Waals surface area contributed by atoms with Gasteiger partial charge in [-0.25, -0.2) is 4.79 Å². The summed E-state index contributed by atoms with van der Waals surface area (Å²) in [5.74, 6) is -2.81. The Morgan fingerprint density at radius 2 is 1.67 bits per heavy atom. The summed E-state index contributed by atoms with van der Waals surface area (Å²) in [4.78, 5) is 35.4. The second kappa shape index (κ2) is 6.18. The van der Waals surface area contributed by atoms with Gasteiger partial charge in [0.2, 0.25) is 5.78 Å². The molecule has 122 valence electrons. The number of carboxylic acids is 2. The Bertz CT molecular complexity index is 935. The Balaban J connectivity index is 1.94. The normalized spacial score (nSPS) is 12.2. The molecule has 2 aromatic heterocycles. The average Bonchev–Trinajstić information content (AvgIpc) is 3.12. The number of carbonyl (C=O) groups excluding carboxylic acids is 1. The number of benzene rings is 1. The molecular weight excluding hydrogens is 348 g/mol. The van der Waals surface area contributed by atoms with Gasteiger partial charge in [0.1, 0.15) is 4.88 Å². The van der Waals surface area contributed by atoms with Crippen molar-refractivity contribution in [3.63, 3.8) is 0 Å². The van der Waals surface area contributed by atoms with Crippen molar-refractivity contribution < 1.29 is 24.6 Å². The second-order valence-electron chi connectivity index (χ2n) is 5.28. The van der Waals surface area contributed by atoms with Gasteiger partial charge >= 0.3 is 11.9 Å². The zero-order chi connectivity index (χ0) is 17.4. The molecule has 3 aromatic rings. The summed E-state index contributed by atoms with van der Waals surface area (Å²) in [7, 11) is 0. The number of fused-ring (bicyclic) bond motifs is 1. The van der Waals surface area contributed by atoms with Gasteiger partial charge in [0, 0.05) is 10.9 Å². The number of carbonyl (C=O) groups is 3. The molecule has 5 nitrogen and oxygen atoms in total. The average molecular weight is 360 g/mol. The second-order valence-corrected chi connectivity index (χ2v) is 7.65. The molecule has 1 unspecified atom stereocenters. The first-order chi connectivity index (χ1) is 11.4. The molecule has 0 spiro atoms. The van der Waals surface area contributed by atoms with E-state index in [0.29, 0.717) is 16.0 Å². The number of aliphatic carboxylic acids is 1. The summed E-state index contributed by atoms with van der Waals surface area (Å²) in [5, 5.41) is 18.8. The van der Waals surface area contributed by atoms with Crippen LogP contribution in [-0.2, 0) is 4.79 Å². The van der Waals surface area contributed by atoms with Gasteiger partial charge in [-0.05, 0) is 30.7 Å². The van der Waals surface area contributed by atoms with E-state index in [4.69, 9.17) is 10.2 Å². The fourth-order valence-electron chi connectivity index (χ4n) is 2.29. The maximum Gasteiger partial charge on any atom is 0.345 e. The van der Waals surface area contributed by atoms with Crippen molar-refractivity contribution in [2.24, 2.45) is 0 Å². The zero-order valence-corrected chi connectivity index (χ0v) is 14.1. The molecule has 24 heavy (non-hydrogen) atoms. The Hall–Kier alpha value is -2.51. The van der Waals surface area contributed by atoms with Crippen molar-refractivity contribution in [3.05, 3.63) is 57.3 Å². The molecule has 7 heteroatoms. The molecule has 1 atom stereocenters. The van der Waals surface area contributed by atoms with Gasteiger partial charge in [-0.15, -0.1) is 22.7 Å². The summed E-state index contributed by atoms with van der Waals surface area (Å²) in [6.45, 7) is 1.57. The molecule has 0 fully saturated rings. The predicted octanol–water partition coefficient (Wildman–Crippen LogP) is 4.08. The van der Waals surface area contributed by atoms with Gasteiger partial charge in [0.15, 0.2) is 0 Å². The number of ketones is 1. The lowest BCUT2D eigenvalue weighted by molar-refractivity contribution is -0.138. The summed E-state index contributed by atoms with van der Waals surface area (Å²) in [6, 6.07) is 9.83. The van der Waals surface area contributed by atoms with E-state index in [2.05, 4.69) is 0 Å². The van der Waals surface area contributed by atoms with Gasteiger partial charge in [0.05, 0.1) is 14.8 Å². The third kappa shape index (κ3) is 2.95. The van der Waals surface area contributed by atoms with E-state index in [1.807, 2.05) is 0 Å². The van der Waals surface area contributed by atoms with E-state index in [0.717, 1.165) is 20.7 Å². The maximum absolute atomic E-state index is 12.6. The smallest absolute Gasteiger partial charge is 0.345 e. The lowest BCUT2D eigenvalue weighted by Crippen LogP contribution is -2.08. The third-order valence-electron chi connectivity index (χ3n) is 3.67. The fourth-order valence-corrected chi connectivity index (χ4v) is 4.54. The maximum atomic E-state index is 12.6. The van der Waals surface area contributed by atoms with E-state index in [1.165, 1.54) is 11.3 Å². The SMILES string of the molecule is CC(C(=O)O)c1cccc(C(=O)c2cc3cc(C(=O)O)sc3s2)c1. The van der Waals surface area contributed by atoms with Gasteiger partial charge in [-0.2, -0.15) is 0 Å². The minimum atomic E-state index is -0.980. The van der Waals surface area contributed by atoms with E-state index in [1.54, 1.807) is 43.3 Å². The van der Waals surface area contributed by atoms with Crippen molar-refractivity contribution in [1.29, 1.82) is 0 Å². The van der Waals surface area contributed by atoms with Gasteiger partial charge < -0.3 is 10.2 Å². The number of thiophene rings is 2. The largest absolute Gasteiger partial charge is 0.481 e. The lowest BCUT2D eigenvalue weighted by atomic mass is 9.97. The molecule has 3 rings (SSSR count). The van der Waals surface area contributed by atoms with Crippen molar-refractivity contribution in [2.45, 2.75) is 12.8 Å². The molecule has 0 bridgehead atoms. The van der Waals surface area contributed by atoms with Gasteiger partial charge in [0.25, 0.3) is 0 Å². The van der Waals surface area contributed by atoms with Crippen LogP contribution in [-0.4, -0.2) is 27.9 Å². The van der Waals surface area contributed by atoms with E-state index >= 15 is 0 Å². The van der Waals surface area contributed by atoms with Crippen LogP contribution in [0.3, 0.4) is 0 Å². The van der Waals surface area contributed by atoms with Crippen LogP contribution >= 0.6 is 22.7 Å². The van der Waals surface area contributed by atoms with E-state index in [-0.39, 0.29) is 10.7 Å². The first kappa shape index (κ1) is 16.4. The topological polar surface area (TPSA) is 91.7 Å². The van der Waals surface area contributed by atoms with Crippen LogP contribution in [0.5, 0.6) is 0 Å². The molecule has 0 aliphatic carbocycles. The molecule has 0 radical (unpaired) electrons. The first-order valence-electron chi connectivity index (χ1n) is 7.01. The Morgan fingerprint density at radius 1 is 1.00 bits per heavy atom. The minimum Gasteiger partial charge on any atom is -0.481 e. The van der Waals surface area contributed by atoms with Crippen molar-refractivity contribution >= 4 is 49.8 Å². The van der Waals surface area contributed by atoms with Crippen molar-refractivity contribution in [3.8, 4) is 0 Å². The van der Waals surface area contributed by atoms with Gasteiger partial charge in [-0.3, -0.25) is 9.59 Å². The summed E-state index contributed by atoms with van der Waals surface area (Å²) in [5.41, 5.74) is 0.993. The number of hydrogen-bond donors (Lipinski definition) is 2. The summed E-state index contributed by atoms with van der Waals surface area (Å²) in [6.07, 6.45) is 0. The molecule has 0 saturated carbocycles. The highest BCUT2D eigenvalue weighted by Gasteiger charge is 2.19. The molecule has 2 N–H and O–H groups in total. The Labute approximate surface area is 144 Å². The van der Waals surface area contributed by atoms with Crippen molar-refractivity contribution in [2.75, 3.05) is 0 Å². The molecule has 0 amide bonds. The Kier molecular flexibility index (Phi) is 4.21. The van der Waals surface area contributed by atoms with Crippen LogP contribution in [0.4, 0.5) is 0 Å². The highest BCUT2D eigenvalue weighted by molar-refractivity contribution is 7.39. The number of aromatic carboxylic acids is 1. The standard InChI is InChI=1S/C17H12O5S2/c1-8(15(19)20)9-3-2-4-10(5-9)14(18)12-6-11-7-13(16(21)22)24-17(11)23-12/h2-8H,1H3,(H,19,20)(H,21,22). The molecular formula is C17H12O5S2. The van der Waals surface area contributed by atoms with Crippen LogP contribution < -0.4 is 0 Å². The van der Waals surface area contributed by atoms with Crippen LogP contribution in [0, 0.1) is 0 Å². The Morgan fingerprint density at radius 3 is 2.29 bits per heavy atom. The monoisotopic (exact) mass is 360 g/mol. The van der Waals surface area contributed by atoms with Gasteiger partial charge in [-0.1, -0.05) is 18.2 Å². The predicted molar refractivity (Wildman–Crippen MR) is 92.6 cm³/mol. The highest BCUT2D eigenvalue weighted by atomic mass is 32.2. The number of rotatable bonds is 5. The third-order valence-corrected chi connectivity index (χ3v) is 6.05. The highest BCUT2D eigenvalue weighted by Crippen LogP contribution is 2.34. The van der Waals surface area contributed by atoms with Crippen molar-refractivity contribution in [1.82, 2.24) is 0 Å². The van der Waals surface area contributed by atoms with Crippen LogP contribution in [0.15, 0.2) is 36.4 Å². The van der Waals surface area contributed by atoms with E-state index < -0.39 is 17.9 Å². The molecule has 2 heterocycles. The fraction of sp³-hybridized carbons (Fsp3) is 0.118. The van der Waals surface area contributed by atoms with Crippen LogP contribution in [0.25, 0.3) is 9.40 Å². The summed E-state index contributed by atoms with van der Waals surface area (Å²) < 4.78 is 0.783. The molecule has 1 aromatic carbocycles. The molecule has 0 aliphatic rings. The van der Waals surface area contributed by atoms with E-state index in [9.17, 15) is 14.4 Å².